The van der Waals surface area contributed by atoms with E-state index in [1.54, 1.807) is 0 Å². The molecule has 1 fully saturated rings. The van der Waals surface area contributed by atoms with Gasteiger partial charge in [0, 0.05) is 18.0 Å². The van der Waals surface area contributed by atoms with Crippen LogP contribution in [0.15, 0.2) is 4.52 Å². The molecule has 0 spiro atoms. The van der Waals surface area contributed by atoms with Crippen molar-refractivity contribution in [3.05, 3.63) is 11.7 Å². The molecule has 1 saturated heterocycles. The van der Waals surface area contributed by atoms with Crippen LogP contribution in [0.3, 0.4) is 0 Å². The van der Waals surface area contributed by atoms with Crippen LogP contribution in [0.1, 0.15) is 58.2 Å². The summed E-state index contributed by atoms with van der Waals surface area (Å²) in [7, 11) is -3.12. The molecule has 0 amide bonds. The van der Waals surface area contributed by atoms with E-state index < -0.39 is 10.0 Å². The maximum absolute atomic E-state index is 11.2. The van der Waals surface area contributed by atoms with Crippen molar-refractivity contribution >= 4 is 10.0 Å². The molecular formula is C15H28N4O3S. The van der Waals surface area contributed by atoms with Gasteiger partial charge in [-0.25, -0.2) is 13.1 Å². The lowest BCUT2D eigenvalue weighted by atomic mass is 9.97. The van der Waals surface area contributed by atoms with Crippen LogP contribution in [-0.2, 0) is 22.0 Å². The van der Waals surface area contributed by atoms with Gasteiger partial charge < -0.3 is 4.52 Å². The smallest absolute Gasteiger partial charge is 0.232 e. The molecule has 0 bridgehead atoms. The summed E-state index contributed by atoms with van der Waals surface area (Å²) in [6.45, 7) is 8.26. The average Bonchev–Trinajstić information content (AvgIpc) is 2.88. The summed E-state index contributed by atoms with van der Waals surface area (Å²) in [5.41, 5.74) is -0.147. The van der Waals surface area contributed by atoms with Crippen LogP contribution in [0.25, 0.3) is 0 Å². The Bertz CT molecular complexity index is 606. The topological polar surface area (TPSA) is 88.3 Å². The van der Waals surface area contributed by atoms with Gasteiger partial charge in [0.15, 0.2) is 5.82 Å². The van der Waals surface area contributed by atoms with Gasteiger partial charge in [0.1, 0.15) is 0 Å². The Hall–Kier alpha value is -0.990. The molecule has 0 aliphatic carbocycles. The Morgan fingerprint density at radius 2 is 2.09 bits per heavy atom. The van der Waals surface area contributed by atoms with Crippen LogP contribution in [0.5, 0.6) is 0 Å². The number of piperidine rings is 1. The molecule has 2 rings (SSSR count). The minimum Gasteiger partial charge on any atom is -0.339 e. The first kappa shape index (κ1) is 18.4. The second kappa shape index (κ2) is 7.27. The standard InChI is InChI=1S/C15H28N4O3S/c1-15(2,3)14-17-13(18-22-14)11-19-10-6-5-7-12(19)8-9-16-23(4,20)21/h12,16H,5-11H2,1-4H3/t12-/m0/s1. The third-order valence-electron chi connectivity index (χ3n) is 4.05. The molecule has 1 aromatic rings. The van der Waals surface area contributed by atoms with Crippen molar-refractivity contribution in [1.82, 2.24) is 19.8 Å². The summed E-state index contributed by atoms with van der Waals surface area (Å²) in [6.07, 6.45) is 5.41. The zero-order chi connectivity index (χ0) is 17.1. The molecule has 0 radical (unpaired) electrons. The molecule has 2 heterocycles. The van der Waals surface area contributed by atoms with Gasteiger partial charge in [-0.2, -0.15) is 4.98 Å². The fourth-order valence-electron chi connectivity index (χ4n) is 2.81. The molecule has 0 aromatic carbocycles. The van der Waals surface area contributed by atoms with Crippen LogP contribution in [0.2, 0.25) is 0 Å². The van der Waals surface area contributed by atoms with Crippen molar-refractivity contribution in [3.8, 4) is 0 Å². The molecule has 132 valence electrons. The van der Waals surface area contributed by atoms with E-state index in [2.05, 4.69) is 19.8 Å². The first-order chi connectivity index (χ1) is 10.6. The minimum atomic E-state index is -3.12. The fourth-order valence-corrected chi connectivity index (χ4v) is 3.30. The molecule has 0 saturated carbocycles. The molecule has 1 N–H and O–H groups in total. The molecule has 1 atom stereocenters. The number of nitrogens with zero attached hydrogens (tertiary/aromatic N) is 3. The summed E-state index contributed by atoms with van der Waals surface area (Å²) < 4.78 is 30.3. The van der Waals surface area contributed by atoms with Crippen molar-refractivity contribution in [2.45, 2.75) is 64.5 Å². The number of hydrogen-bond donors (Lipinski definition) is 1. The SMILES string of the molecule is CC(C)(C)c1nc(CN2CCCC[C@H]2CCNS(C)(=O)=O)no1. The van der Waals surface area contributed by atoms with E-state index in [0.717, 1.165) is 25.8 Å². The van der Waals surface area contributed by atoms with Gasteiger partial charge in [0.05, 0.1) is 12.8 Å². The van der Waals surface area contributed by atoms with Gasteiger partial charge in [-0.3, -0.25) is 4.90 Å². The number of aromatic nitrogens is 2. The first-order valence-electron chi connectivity index (χ1n) is 8.17. The molecule has 23 heavy (non-hydrogen) atoms. The fraction of sp³-hybridized carbons (Fsp3) is 0.867. The summed E-state index contributed by atoms with van der Waals surface area (Å²) in [6, 6.07) is 0.356. The number of hydrogen-bond acceptors (Lipinski definition) is 6. The van der Waals surface area contributed by atoms with E-state index in [-0.39, 0.29) is 5.41 Å². The highest BCUT2D eigenvalue weighted by atomic mass is 32.2. The largest absolute Gasteiger partial charge is 0.339 e. The van der Waals surface area contributed by atoms with E-state index in [4.69, 9.17) is 4.52 Å². The van der Waals surface area contributed by atoms with Crippen molar-refractivity contribution in [3.63, 3.8) is 0 Å². The van der Waals surface area contributed by atoms with Gasteiger partial charge in [-0.1, -0.05) is 32.3 Å². The molecule has 0 unspecified atom stereocenters. The zero-order valence-electron chi connectivity index (χ0n) is 14.5. The van der Waals surface area contributed by atoms with Crippen LogP contribution < -0.4 is 4.72 Å². The maximum atomic E-state index is 11.2. The number of nitrogens with one attached hydrogen (secondary N) is 1. The molecule has 1 aliphatic heterocycles. The van der Waals surface area contributed by atoms with Crippen LogP contribution in [-0.4, -0.2) is 48.8 Å². The Morgan fingerprint density at radius 1 is 1.35 bits per heavy atom. The van der Waals surface area contributed by atoms with E-state index in [1.807, 2.05) is 20.8 Å². The van der Waals surface area contributed by atoms with Gasteiger partial charge in [-0.05, 0) is 25.8 Å². The van der Waals surface area contributed by atoms with Crippen LogP contribution in [0, 0.1) is 0 Å². The van der Waals surface area contributed by atoms with Crippen LogP contribution >= 0.6 is 0 Å². The highest BCUT2D eigenvalue weighted by Crippen LogP contribution is 2.23. The summed E-state index contributed by atoms with van der Waals surface area (Å²) in [5.74, 6) is 1.36. The number of likely N-dealkylation sites (tertiary alicyclic amines) is 1. The van der Waals surface area contributed by atoms with Crippen molar-refractivity contribution in [1.29, 1.82) is 0 Å². The minimum absolute atomic E-state index is 0.147. The lowest BCUT2D eigenvalue weighted by Crippen LogP contribution is -2.41. The molecule has 1 aromatic heterocycles. The van der Waals surface area contributed by atoms with Crippen molar-refractivity contribution in [2.24, 2.45) is 0 Å². The van der Waals surface area contributed by atoms with E-state index in [0.29, 0.717) is 30.8 Å². The predicted octanol–water partition coefficient (Wildman–Crippen LogP) is 1.66. The molecule has 7 nitrogen and oxygen atoms in total. The van der Waals surface area contributed by atoms with Gasteiger partial charge in [0.2, 0.25) is 15.9 Å². The summed E-state index contributed by atoms with van der Waals surface area (Å²) >= 11 is 0. The maximum Gasteiger partial charge on any atom is 0.232 e. The highest BCUT2D eigenvalue weighted by molar-refractivity contribution is 7.88. The third kappa shape index (κ3) is 5.86. The molecule has 1 aliphatic rings. The third-order valence-corrected chi connectivity index (χ3v) is 4.77. The first-order valence-corrected chi connectivity index (χ1v) is 10.1. The monoisotopic (exact) mass is 344 g/mol. The molecular weight excluding hydrogens is 316 g/mol. The second-order valence-corrected chi connectivity index (χ2v) is 9.17. The Kier molecular flexibility index (Phi) is 5.80. The van der Waals surface area contributed by atoms with Gasteiger partial charge in [0.25, 0.3) is 0 Å². The summed E-state index contributed by atoms with van der Waals surface area (Å²) in [4.78, 5) is 6.84. The second-order valence-electron chi connectivity index (χ2n) is 7.34. The lowest BCUT2D eigenvalue weighted by molar-refractivity contribution is 0.128. The molecule has 8 heteroatoms. The number of rotatable bonds is 6. The highest BCUT2D eigenvalue weighted by Gasteiger charge is 2.26. The average molecular weight is 344 g/mol. The van der Waals surface area contributed by atoms with Crippen molar-refractivity contribution < 1.29 is 12.9 Å². The predicted molar refractivity (Wildman–Crippen MR) is 88.5 cm³/mol. The van der Waals surface area contributed by atoms with E-state index >= 15 is 0 Å². The quantitative estimate of drug-likeness (QED) is 0.844. The van der Waals surface area contributed by atoms with E-state index in [1.165, 1.54) is 12.7 Å². The van der Waals surface area contributed by atoms with Gasteiger partial charge >= 0.3 is 0 Å². The Balaban J connectivity index is 1.94. The lowest BCUT2D eigenvalue weighted by Gasteiger charge is -2.34. The summed E-state index contributed by atoms with van der Waals surface area (Å²) in [5, 5.41) is 4.09. The zero-order valence-corrected chi connectivity index (χ0v) is 15.3. The Labute approximate surface area is 138 Å². The van der Waals surface area contributed by atoms with Crippen molar-refractivity contribution in [2.75, 3.05) is 19.3 Å². The normalized spacial score (nSPS) is 20.8. The van der Waals surface area contributed by atoms with Gasteiger partial charge in [-0.15, -0.1) is 0 Å². The van der Waals surface area contributed by atoms with Crippen LogP contribution in [0.4, 0.5) is 0 Å². The van der Waals surface area contributed by atoms with E-state index in [9.17, 15) is 8.42 Å². The Morgan fingerprint density at radius 3 is 2.70 bits per heavy atom. The number of sulfonamides is 1.